The molecular weight excluding hydrogens is 747 g/mol. The van der Waals surface area contributed by atoms with Gasteiger partial charge in [-0.2, -0.15) is 0 Å². The molecule has 4 aromatic carbocycles. The zero-order valence-corrected chi connectivity index (χ0v) is 30.7. The molecule has 0 saturated carbocycles. The maximum Gasteiger partial charge on any atom is 0.343 e. The number of esters is 1. The van der Waals surface area contributed by atoms with Crippen LogP contribution in [-0.4, -0.2) is 97.0 Å². The van der Waals surface area contributed by atoms with Crippen LogP contribution >= 0.6 is 11.3 Å². The molecule has 0 unspecified atom stereocenters. The van der Waals surface area contributed by atoms with Crippen LogP contribution < -0.4 is 9.47 Å². The number of aromatic hydroxyl groups is 2. The molecule has 6 N–H and O–H groups in total. The van der Waals surface area contributed by atoms with E-state index in [0.717, 1.165) is 19.6 Å². The van der Waals surface area contributed by atoms with E-state index in [1.165, 1.54) is 42.7 Å². The number of hydrogen-bond donors (Lipinski definition) is 6. The van der Waals surface area contributed by atoms with Gasteiger partial charge in [-0.25, -0.2) is 9.59 Å². The normalized spacial score (nSPS) is 12.9. The van der Waals surface area contributed by atoms with Crippen molar-refractivity contribution in [3.05, 3.63) is 108 Å². The molecule has 0 spiro atoms. The Morgan fingerprint density at radius 2 is 1.34 bits per heavy atom. The molecule has 292 valence electrons. The van der Waals surface area contributed by atoms with Crippen LogP contribution in [0.25, 0.3) is 20.5 Å². The highest BCUT2D eigenvalue weighted by Crippen LogP contribution is 2.45. The molecule has 14 nitrogen and oxygen atoms in total. The number of ether oxygens (including phenoxy) is 2. The molecule has 1 aliphatic rings. The zero-order valence-electron chi connectivity index (χ0n) is 29.9. The number of phenolic OH excluding ortho intramolecular Hbond substituents is 2. The number of ketones is 1. The minimum Gasteiger partial charge on any atom is -0.508 e. The molecule has 0 bridgehead atoms. The summed E-state index contributed by atoms with van der Waals surface area (Å²) in [5, 5.41) is 55.1. The number of piperidine rings is 1. The Morgan fingerprint density at radius 1 is 0.732 bits per heavy atom. The van der Waals surface area contributed by atoms with Crippen LogP contribution in [0.1, 0.15) is 58.4 Å². The van der Waals surface area contributed by atoms with Gasteiger partial charge in [0.1, 0.15) is 29.6 Å². The van der Waals surface area contributed by atoms with Gasteiger partial charge >= 0.3 is 23.9 Å². The summed E-state index contributed by atoms with van der Waals surface area (Å²) in [6, 6.07) is 25.4. The van der Waals surface area contributed by atoms with Crippen molar-refractivity contribution in [2.45, 2.75) is 37.7 Å². The summed E-state index contributed by atoms with van der Waals surface area (Å²) in [5.74, 6) is -4.96. The molecule has 6 rings (SSSR count). The molecule has 1 aliphatic heterocycles. The number of rotatable bonds is 14. The van der Waals surface area contributed by atoms with Gasteiger partial charge < -0.3 is 40.1 Å². The van der Waals surface area contributed by atoms with Crippen LogP contribution in [0.4, 0.5) is 0 Å². The second-order valence-corrected chi connectivity index (χ2v) is 14.1. The van der Waals surface area contributed by atoms with E-state index in [0.29, 0.717) is 55.3 Å². The molecule has 1 aromatic heterocycles. The van der Waals surface area contributed by atoms with Crippen molar-refractivity contribution in [1.82, 2.24) is 4.90 Å². The van der Waals surface area contributed by atoms with Gasteiger partial charge in [-0.05, 0) is 98.2 Å². The average Bonchev–Trinajstić information content (AvgIpc) is 3.55. The summed E-state index contributed by atoms with van der Waals surface area (Å²) in [4.78, 5) is 60.0. The molecule has 56 heavy (non-hydrogen) atoms. The van der Waals surface area contributed by atoms with Gasteiger partial charge in [0.05, 0.1) is 24.0 Å². The molecular formula is C41H39NO13S. The SMILES string of the molecule is O=C(O)CC(O)(CC(=O)O)C(=O)O.O=C(Oc1ccc(-c2sc3cc(O)cc(O)c3c2C(=O)c2ccc(OCCN3CCCCC3)cc2)cc1)c1ccccc1. The highest BCUT2D eigenvalue weighted by atomic mass is 32.1. The van der Waals surface area contributed by atoms with Crippen molar-refractivity contribution >= 4 is 51.1 Å². The van der Waals surface area contributed by atoms with Gasteiger partial charge in [0.25, 0.3) is 0 Å². The number of nitrogens with zero attached hydrogens (tertiary/aromatic N) is 1. The van der Waals surface area contributed by atoms with E-state index in [1.807, 2.05) is 6.07 Å². The lowest BCUT2D eigenvalue weighted by atomic mass is 9.96. The fourth-order valence-corrected chi connectivity index (χ4v) is 7.32. The summed E-state index contributed by atoms with van der Waals surface area (Å²) in [6.45, 7) is 3.68. The lowest BCUT2D eigenvalue weighted by Crippen LogP contribution is -2.42. The van der Waals surface area contributed by atoms with E-state index in [-0.39, 0.29) is 17.3 Å². The predicted molar refractivity (Wildman–Crippen MR) is 205 cm³/mol. The van der Waals surface area contributed by atoms with Crippen LogP contribution in [0.2, 0.25) is 0 Å². The Hall–Kier alpha value is -6.29. The van der Waals surface area contributed by atoms with Crippen LogP contribution in [0.3, 0.4) is 0 Å². The third-order valence-electron chi connectivity index (χ3n) is 8.85. The number of benzene rings is 4. The Labute approximate surface area is 324 Å². The highest BCUT2D eigenvalue weighted by Gasteiger charge is 2.40. The van der Waals surface area contributed by atoms with E-state index in [1.54, 1.807) is 72.8 Å². The van der Waals surface area contributed by atoms with E-state index in [2.05, 4.69) is 4.90 Å². The van der Waals surface area contributed by atoms with Gasteiger partial charge in [0, 0.05) is 33.1 Å². The summed E-state index contributed by atoms with van der Waals surface area (Å²) in [6.07, 6.45) is 1.47. The fourth-order valence-electron chi connectivity index (χ4n) is 6.06. The standard InChI is InChI=1S/C35H31NO6S.C6H8O7/c37-26-21-29(38)31-30(22-26)43-34(24-11-15-28(16-12-24)42-35(40)25-7-3-1-4-8-25)32(31)33(39)23-9-13-27(14-10-23)41-20-19-36-17-5-2-6-18-36;7-3(8)1-6(13,5(11)12)2-4(9)10/h1,3-4,7-16,21-22,37-38H,2,5-6,17-20H2;13H,1-2H2,(H,7,8)(H,9,10)(H,11,12). The van der Waals surface area contributed by atoms with E-state index >= 15 is 0 Å². The fraction of sp³-hybridized carbons (Fsp3) is 0.244. The van der Waals surface area contributed by atoms with Crippen molar-refractivity contribution in [3.63, 3.8) is 0 Å². The van der Waals surface area contributed by atoms with Gasteiger partial charge in [-0.1, -0.05) is 24.6 Å². The number of hydrogen-bond acceptors (Lipinski definition) is 12. The lowest BCUT2D eigenvalue weighted by Gasteiger charge is -2.26. The number of thiophene rings is 1. The van der Waals surface area contributed by atoms with E-state index in [4.69, 9.17) is 29.9 Å². The molecule has 0 radical (unpaired) electrons. The zero-order chi connectivity index (χ0) is 40.4. The average molecular weight is 786 g/mol. The first kappa shape index (κ1) is 40.9. The minimum absolute atomic E-state index is 0.0916. The molecule has 1 saturated heterocycles. The minimum atomic E-state index is -2.74. The number of phenols is 2. The van der Waals surface area contributed by atoms with Gasteiger partial charge in [-0.3, -0.25) is 19.3 Å². The van der Waals surface area contributed by atoms with Crippen LogP contribution in [0, 0.1) is 0 Å². The molecule has 0 amide bonds. The molecule has 1 fully saturated rings. The second kappa shape index (κ2) is 18.4. The maximum absolute atomic E-state index is 14.0. The topological polar surface area (TPSA) is 228 Å². The molecule has 0 aliphatic carbocycles. The first-order chi connectivity index (χ1) is 26.7. The van der Waals surface area contributed by atoms with Crippen molar-refractivity contribution in [2.24, 2.45) is 0 Å². The lowest BCUT2D eigenvalue weighted by molar-refractivity contribution is -0.170. The number of carboxylic acids is 3. The maximum atomic E-state index is 14.0. The number of aliphatic hydroxyl groups is 1. The van der Waals surface area contributed by atoms with Gasteiger partial charge in [-0.15, -0.1) is 11.3 Å². The number of likely N-dealkylation sites (tertiary alicyclic amines) is 1. The van der Waals surface area contributed by atoms with Crippen molar-refractivity contribution < 1.29 is 64.1 Å². The first-order valence-corrected chi connectivity index (χ1v) is 18.3. The van der Waals surface area contributed by atoms with Crippen molar-refractivity contribution in [3.8, 4) is 33.4 Å². The predicted octanol–water partition coefficient (Wildman–Crippen LogP) is 6.05. The summed E-state index contributed by atoms with van der Waals surface area (Å²) in [5.41, 5.74) is -0.800. The van der Waals surface area contributed by atoms with Crippen molar-refractivity contribution in [2.75, 3.05) is 26.2 Å². The first-order valence-electron chi connectivity index (χ1n) is 17.5. The van der Waals surface area contributed by atoms with Gasteiger partial charge in [0.15, 0.2) is 11.4 Å². The Balaban J connectivity index is 0.000000397. The monoisotopic (exact) mass is 785 g/mol. The molecule has 0 atom stereocenters. The summed E-state index contributed by atoms with van der Waals surface area (Å²) in [7, 11) is 0. The third kappa shape index (κ3) is 10.5. The third-order valence-corrected chi connectivity index (χ3v) is 10.0. The van der Waals surface area contributed by atoms with E-state index in [9.17, 15) is 34.2 Å². The number of aliphatic carboxylic acids is 3. The van der Waals surface area contributed by atoms with Crippen LogP contribution in [0.5, 0.6) is 23.0 Å². The molecule has 15 heteroatoms. The second-order valence-electron chi connectivity index (χ2n) is 13.0. The smallest absolute Gasteiger partial charge is 0.343 e. The van der Waals surface area contributed by atoms with Crippen LogP contribution in [-0.2, 0) is 14.4 Å². The quantitative estimate of drug-likeness (QED) is 0.0428. The van der Waals surface area contributed by atoms with Crippen molar-refractivity contribution in [1.29, 1.82) is 0 Å². The summed E-state index contributed by atoms with van der Waals surface area (Å²) < 4.78 is 12.0. The summed E-state index contributed by atoms with van der Waals surface area (Å²) >= 11 is 1.29. The Kier molecular flexibility index (Phi) is 13.4. The molecule has 2 heterocycles. The number of carbonyl (C=O) groups excluding carboxylic acids is 2. The van der Waals surface area contributed by atoms with Gasteiger partial charge in [0.2, 0.25) is 0 Å². The van der Waals surface area contributed by atoms with Crippen LogP contribution in [0.15, 0.2) is 91.0 Å². The largest absolute Gasteiger partial charge is 0.508 e. The highest BCUT2D eigenvalue weighted by molar-refractivity contribution is 7.23. The Morgan fingerprint density at radius 3 is 1.93 bits per heavy atom. The Bertz CT molecular complexity index is 2180. The van der Waals surface area contributed by atoms with E-state index < -0.39 is 42.3 Å². The number of carboxylic acid groups (broad SMARTS) is 3. The number of fused-ring (bicyclic) bond motifs is 1. The number of carbonyl (C=O) groups is 5. The molecule has 5 aromatic rings.